The van der Waals surface area contributed by atoms with Crippen LogP contribution in [0.5, 0.6) is 0 Å². The minimum atomic E-state index is -1.05. The van der Waals surface area contributed by atoms with Gasteiger partial charge in [0, 0.05) is 17.9 Å². The number of likely N-dealkylation sites (tertiary alicyclic amines) is 1. The summed E-state index contributed by atoms with van der Waals surface area (Å²) in [6, 6.07) is 10.3. The molecule has 7 nitrogen and oxygen atoms in total. The average Bonchev–Trinajstić information content (AvgIpc) is 2.62. The van der Waals surface area contributed by atoms with Crippen LogP contribution >= 0.6 is 0 Å². The summed E-state index contributed by atoms with van der Waals surface area (Å²) in [5.41, 5.74) is 1.32. The summed E-state index contributed by atoms with van der Waals surface area (Å²) in [5.74, 6) is -0.843. The first kappa shape index (κ1) is 18.1. The maximum atomic E-state index is 12.7. The third-order valence-corrected chi connectivity index (χ3v) is 4.89. The zero-order valence-corrected chi connectivity index (χ0v) is 15.1. The molecule has 0 radical (unpaired) electrons. The fourth-order valence-corrected chi connectivity index (χ4v) is 3.63. The predicted molar refractivity (Wildman–Crippen MR) is 99.3 cm³/mol. The molecule has 3 rings (SSSR count). The molecule has 0 unspecified atom stereocenters. The third kappa shape index (κ3) is 3.77. The van der Waals surface area contributed by atoms with Crippen molar-refractivity contribution in [2.75, 3.05) is 18.9 Å². The normalized spacial score (nSPS) is 20.7. The average molecular weight is 356 g/mol. The van der Waals surface area contributed by atoms with Crippen LogP contribution in [-0.4, -0.2) is 45.2 Å². The van der Waals surface area contributed by atoms with Gasteiger partial charge in [-0.05, 0) is 38.9 Å². The monoisotopic (exact) mass is 356 g/mol. The van der Waals surface area contributed by atoms with Gasteiger partial charge in [0.05, 0.1) is 6.04 Å². The summed E-state index contributed by atoms with van der Waals surface area (Å²) >= 11 is 0. The van der Waals surface area contributed by atoms with E-state index in [9.17, 15) is 9.59 Å². The van der Waals surface area contributed by atoms with E-state index >= 15 is 0 Å². The number of hydrogen-bond donors (Lipinski definition) is 2. The molecule has 1 fully saturated rings. The first-order valence-electron chi connectivity index (χ1n) is 8.77. The van der Waals surface area contributed by atoms with E-state index in [4.69, 9.17) is 5.11 Å². The Morgan fingerprint density at radius 2 is 2.08 bits per heavy atom. The largest absolute Gasteiger partial charge is 0.480 e. The van der Waals surface area contributed by atoms with E-state index in [1.165, 1.54) is 16.3 Å². The topological polar surface area (TPSA) is 87.5 Å². The Balaban J connectivity index is 1.91. The Morgan fingerprint density at radius 3 is 2.77 bits per heavy atom. The van der Waals surface area contributed by atoms with Gasteiger partial charge in [0.1, 0.15) is 6.54 Å². The standard InChI is InChI=1S/C19H24N4O3/c1-13-11-20-18(19(26)23(13)12-16(24)25)21-15-9-6-10-22(2)17(15)14-7-4-3-5-8-14/h3-5,7-8,11,15,17H,6,9-10,12H2,1-2H3,(H,20,21)(H,24,25)/t15-,17+/m1/s1. The van der Waals surface area contributed by atoms with Crippen molar-refractivity contribution in [2.45, 2.75) is 38.4 Å². The molecule has 138 valence electrons. The van der Waals surface area contributed by atoms with Crippen molar-refractivity contribution >= 4 is 11.8 Å². The van der Waals surface area contributed by atoms with Gasteiger partial charge < -0.3 is 10.4 Å². The summed E-state index contributed by atoms with van der Waals surface area (Å²) in [7, 11) is 2.08. The minimum Gasteiger partial charge on any atom is -0.480 e. The van der Waals surface area contributed by atoms with Crippen molar-refractivity contribution in [1.29, 1.82) is 0 Å². The van der Waals surface area contributed by atoms with Crippen LogP contribution < -0.4 is 10.9 Å². The van der Waals surface area contributed by atoms with Crippen LogP contribution in [0.4, 0.5) is 5.82 Å². The van der Waals surface area contributed by atoms with Gasteiger partial charge in [-0.1, -0.05) is 30.3 Å². The molecular formula is C19H24N4O3. The lowest BCUT2D eigenvalue weighted by atomic mass is 9.91. The number of aryl methyl sites for hydroxylation is 1. The third-order valence-electron chi connectivity index (χ3n) is 4.89. The summed E-state index contributed by atoms with van der Waals surface area (Å²) < 4.78 is 1.24. The van der Waals surface area contributed by atoms with Gasteiger partial charge in [0.15, 0.2) is 5.82 Å². The number of anilines is 1. The summed E-state index contributed by atoms with van der Waals surface area (Å²) in [5, 5.41) is 12.3. The highest BCUT2D eigenvalue weighted by Gasteiger charge is 2.31. The lowest BCUT2D eigenvalue weighted by Crippen LogP contribution is -2.44. The van der Waals surface area contributed by atoms with Crippen LogP contribution in [0.25, 0.3) is 0 Å². The van der Waals surface area contributed by atoms with Crippen LogP contribution in [0.2, 0.25) is 0 Å². The molecule has 0 aliphatic carbocycles. The van der Waals surface area contributed by atoms with E-state index < -0.39 is 11.5 Å². The number of likely N-dealkylation sites (N-methyl/N-ethyl adjacent to an activating group) is 1. The summed E-state index contributed by atoms with van der Waals surface area (Å²) in [6.07, 6.45) is 3.47. The van der Waals surface area contributed by atoms with Crippen LogP contribution in [0, 0.1) is 6.92 Å². The van der Waals surface area contributed by atoms with Crippen molar-refractivity contribution < 1.29 is 9.90 Å². The molecule has 2 atom stereocenters. The van der Waals surface area contributed by atoms with Crippen molar-refractivity contribution in [3.63, 3.8) is 0 Å². The lowest BCUT2D eigenvalue weighted by molar-refractivity contribution is -0.137. The molecule has 0 saturated carbocycles. The van der Waals surface area contributed by atoms with Gasteiger partial charge in [0.2, 0.25) is 0 Å². The number of aromatic nitrogens is 2. The van der Waals surface area contributed by atoms with Crippen molar-refractivity contribution in [2.24, 2.45) is 0 Å². The number of benzene rings is 1. The maximum absolute atomic E-state index is 12.7. The molecule has 1 aliphatic rings. The quantitative estimate of drug-likeness (QED) is 0.851. The number of piperidine rings is 1. The van der Waals surface area contributed by atoms with E-state index in [0.717, 1.165) is 19.4 Å². The van der Waals surface area contributed by atoms with Crippen molar-refractivity contribution in [1.82, 2.24) is 14.5 Å². The molecule has 1 aromatic heterocycles. The zero-order chi connectivity index (χ0) is 18.7. The fraction of sp³-hybridized carbons (Fsp3) is 0.421. The van der Waals surface area contributed by atoms with Gasteiger partial charge in [-0.3, -0.25) is 19.1 Å². The molecule has 2 N–H and O–H groups in total. The van der Waals surface area contributed by atoms with E-state index in [0.29, 0.717) is 5.69 Å². The molecular weight excluding hydrogens is 332 g/mol. The molecule has 1 aliphatic heterocycles. The Bertz CT molecular complexity index is 834. The van der Waals surface area contributed by atoms with E-state index in [1.807, 2.05) is 18.2 Å². The first-order valence-corrected chi connectivity index (χ1v) is 8.77. The second-order valence-corrected chi connectivity index (χ2v) is 6.76. The van der Waals surface area contributed by atoms with Crippen LogP contribution in [-0.2, 0) is 11.3 Å². The van der Waals surface area contributed by atoms with Crippen molar-refractivity contribution in [3.05, 3.63) is 58.1 Å². The number of carbonyl (C=O) groups is 1. The lowest BCUT2D eigenvalue weighted by Gasteiger charge is -2.40. The summed E-state index contributed by atoms with van der Waals surface area (Å²) in [4.78, 5) is 30.2. The minimum absolute atomic E-state index is 0.0253. The second-order valence-electron chi connectivity index (χ2n) is 6.76. The number of carboxylic acid groups (broad SMARTS) is 1. The van der Waals surface area contributed by atoms with Gasteiger partial charge in [-0.2, -0.15) is 0 Å². The highest BCUT2D eigenvalue weighted by molar-refractivity contribution is 5.66. The highest BCUT2D eigenvalue weighted by atomic mass is 16.4. The second kappa shape index (κ2) is 7.70. The Morgan fingerprint density at radius 1 is 1.35 bits per heavy atom. The number of carboxylic acids is 1. The zero-order valence-electron chi connectivity index (χ0n) is 15.1. The fourth-order valence-electron chi connectivity index (χ4n) is 3.63. The van der Waals surface area contributed by atoms with Crippen LogP contribution in [0.15, 0.2) is 41.3 Å². The molecule has 0 spiro atoms. The first-order chi connectivity index (χ1) is 12.5. The van der Waals surface area contributed by atoms with Crippen molar-refractivity contribution in [3.8, 4) is 0 Å². The smallest absolute Gasteiger partial charge is 0.323 e. The van der Waals surface area contributed by atoms with E-state index in [2.05, 4.69) is 34.4 Å². The molecule has 1 saturated heterocycles. The molecule has 2 heterocycles. The Hall–Kier alpha value is -2.67. The number of nitrogens with zero attached hydrogens (tertiary/aromatic N) is 3. The Labute approximate surface area is 152 Å². The number of hydrogen-bond acceptors (Lipinski definition) is 5. The number of nitrogens with one attached hydrogen (secondary N) is 1. The van der Waals surface area contributed by atoms with Crippen LogP contribution in [0.1, 0.15) is 30.1 Å². The van der Waals surface area contributed by atoms with Gasteiger partial charge in [0.25, 0.3) is 5.56 Å². The van der Waals surface area contributed by atoms with Gasteiger partial charge >= 0.3 is 5.97 Å². The number of rotatable bonds is 5. The Kier molecular flexibility index (Phi) is 5.37. The maximum Gasteiger partial charge on any atom is 0.323 e. The molecule has 1 aromatic carbocycles. The van der Waals surface area contributed by atoms with Crippen LogP contribution in [0.3, 0.4) is 0 Å². The molecule has 2 aromatic rings. The number of aliphatic carboxylic acids is 1. The van der Waals surface area contributed by atoms with Gasteiger partial charge in [-0.25, -0.2) is 4.98 Å². The molecule has 0 amide bonds. The van der Waals surface area contributed by atoms with Gasteiger partial charge in [-0.15, -0.1) is 0 Å². The van der Waals surface area contributed by atoms with E-state index in [-0.39, 0.29) is 24.4 Å². The summed E-state index contributed by atoms with van der Waals surface area (Å²) in [6.45, 7) is 2.30. The van der Waals surface area contributed by atoms with E-state index in [1.54, 1.807) is 6.92 Å². The predicted octanol–water partition coefficient (Wildman–Crippen LogP) is 1.88. The molecule has 7 heteroatoms. The highest BCUT2D eigenvalue weighted by Crippen LogP contribution is 2.31. The molecule has 26 heavy (non-hydrogen) atoms. The SMILES string of the molecule is Cc1cnc(N[C@@H]2CCCN(C)[C@H]2c2ccccc2)c(=O)n1CC(=O)O. The molecule has 0 bridgehead atoms.